The van der Waals surface area contributed by atoms with E-state index in [0.717, 1.165) is 23.9 Å². The van der Waals surface area contributed by atoms with Gasteiger partial charge in [-0.1, -0.05) is 18.6 Å². The Hall–Kier alpha value is -1.36. The molecule has 2 bridgehead atoms. The first kappa shape index (κ1) is 12.4. The molecule has 0 aromatic heterocycles. The Morgan fingerprint density at radius 1 is 1.20 bits per heavy atom. The zero-order chi connectivity index (χ0) is 13.7. The molecule has 1 N–H and O–H groups in total. The van der Waals surface area contributed by atoms with Crippen LogP contribution in [0.3, 0.4) is 0 Å². The van der Waals surface area contributed by atoms with Crippen LogP contribution in [-0.4, -0.2) is 20.8 Å². The fourth-order valence-electron chi connectivity index (χ4n) is 4.06. The summed E-state index contributed by atoms with van der Waals surface area (Å²) in [5.74, 6) is 2.90. The highest BCUT2D eigenvalue weighted by Gasteiger charge is 2.39. The average molecular weight is 290 g/mol. The first-order valence-electron chi connectivity index (χ1n) is 7.30. The van der Waals surface area contributed by atoms with Crippen LogP contribution in [0.2, 0.25) is 0 Å². The molecule has 3 unspecified atom stereocenters. The molecule has 2 aliphatic carbocycles. The van der Waals surface area contributed by atoms with Crippen LogP contribution in [-0.2, 0) is 10.0 Å². The molecule has 4 nitrogen and oxygen atoms in total. The van der Waals surface area contributed by atoms with E-state index in [-0.39, 0.29) is 0 Å². The van der Waals surface area contributed by atoms with Crippen LogP contribution in [0.4, 0.5) is 0 Å². The summed E-state index contributed by atoms with van der Waals surface area (Å²) in [5, 5.41) is 0. The number of benzene rings is 1. The van der Waals surface area contributed by atoms with E-state index in [2.05, 4.69) is 9.71 Å². The van der Waals surface area contributed by atoms with Crippen LogP contribution < -0.4 is 4.72 Å². The zero-order valence-corrected chi connectivity index (χ0v) is 12.1. The van der Waals surface area contributed by atoms with Crippen LogP contribution in [0.25, 0.3) is 0 Å². The summed E-state index contributed by atoms with van der Waals surface area (Å²) < 4.78 is 26.6. The molecule has 3 atom stereocenters. The molecule has 3 aliphatic rings. The fraction of sp³-hybridized carbons (Fsp3) is 0.533. The van der Waals surface area contributed by atoms with Crippen molar-refractivity contribution in [1.29, 1.82) is 0 Å². The van der Waals surface area contributed by atoms with Gasteiger partial charge < -0.3 is 0 Å². The van der Waals surface area contributed by atoms with E-state index in [1.807, 2.05) is 12.1 Å². The van der Waals surface area contributed by atoms with Gasteiger partial charge >= 0.3 is 0 Å². The third kappa shape index (κ3) is 1.87. The predicted molar refractivity (Wildman–Crippen MR) is 77.1 cm³/mol. The molecule has 5 heteroatoms. The standard InChI is InChI=1S/C15H18N2O2S/c18-20(19)14-4-2-1-3-13(14)15(17-20)16-9-12-8-10-5-6-11(12)7-10/h1-4,10-12H,5-9H2,(H,16,17). The van der Waals surface area contributed by atoms with Crippen LogP contribution in [0, 0.1) is 17.8 Å². The lowest BCUT2D eigenvalue weighted by molar-refractivity contribution is 0.342. The SMILES string of the molecule is O=S1(=O)NC(=NCC2CC3CCC2C3)c2ccccc21. The van der Waals surface area contributed by atoms with Gasteiger partial charge in [0.25, 0.3) is 10.0 Å². The molecule has 1 aromatic carbocycles. The first-order chi connectivity index (χ1) is 9.63. The topological polar surface area (TPSA) is 58.5 Å². The first-order valence-corrected chi connectivity index (χ1v) is 8.78. The molecule has 1 aromatic rings. The highest BCUT2D eigenvalue weighted by atomic mass is 32.2. The Morgan fingerprint density at radius 3 is 2.80 bits per heavy atom. The smallest absolute Gasteiger partial charge is 0.263 e. The maximum atomic E-state index is 12.0. The van der Waals surface area contributed by atoms with Gasteiger partial charge in [0.2, 0.25) is 0 Å². The highest BCUT2D eigenvalue weighted by Crippen LogP contribution is 2.48. The molecular weight excluding hydrogens is 272 g/mol. The minimum absolute atomic E-state index is 0.353. The molecule has 20 heavy (non-hydrogen) atoms. The third-order valence-electron chi connectivity index (χ3n) is 5.03. The van der Waals surface area contributed by atoms with Crippen molar-refractivity contribution in [1.82, 2.24) is 4.72 Å². The van der Waals surface area contributed by atoms with Gasteiger partial charge in [-0.3, -0.25) is 9.71 Å². The van der Waals surface area contributed by atoms with Gasteiger partial charge in [-0.15, -0.1) is 0 Å². The summed E-state index contributed by atoms with van der Waals surface area (Å²) in [5.41, 5.74) is 0.718. The molecule has 2 saturated carbocycles. The largest absolute Gasteiger partial charge is 0.267 e. The maximum absolute atomic E-state index is 12.0. The van der Waals surface area contributed by atoms with Gasteiger partial charge in [-0.2, -0.15) is 0 Å². The van der Waals surface area contributed by atoms with Gasteiger partial charge in [0.05, 0.1) is 4.90 Å². The van der Waals surface area contributed by atoms with Crippen molar-refractivity contribution in [2.24, 2.45) is 22.7 Å². The molecule has 0 amide bonds. The summed E-state index contributed by atoms with van der Waals surface area (Å²) in [7, 11) is -3.39. The van der Waals surface area contributed by atoms with Crippen molar-refractivity contribution in [3.8, 4) is 0 Å². The van der Waals surface area contributed by atoms with Gasteiger partial charge in [0, 0.05) is 12.1 Å². The normalized spacial score (nSPS) is 35.2. The second kappa shape index (κ2) is 4.32. The van der Waals surface area contributed by atoms with Crippen LogP contribution >= 0.6 is 0 Å². The Kier molecular flexibility index (Phi) is 2.67. The van der Waals surface area contributed by atoms with E-state index < -0.39 is 10.0 Å². The van der Waals surface area contributed by atoms with Crippen molar-refractivity contribution in [3.05, 3.63) is 29.8 Å². The summed E-state index contributed by atoms with van der Waals surface area (Å²) >= 11 is 0. The van der Waals surface area contributed by atoms with E-state index in [1.54, 1.807) is 12.1 Å². The second-order valence-electron chi connectivity index (χ2n) is 6.23. The van der Waals surface area contributed by atoms with Crippen LogP contribution in [0.1, 0.15) is 31.2 Å². The summed E-state index contributed by atoms with van der Waals surface area (Å²) in [6.45, 7) is 0.757. The number of hydrogen-bond acceptors (Lipinski definition) is 3. The molecule has 1 aliphatic heterocycles. The van der Waals surface area contributed by atoms with E-state index in [1.165, 1.54) is 25.7 Å². The Labute approximate surface area is 119 Å². The van der Waals surface area contributed by atoms with E-state index in [9.17, 15) is 8.42 Å². The Balaban J connectivity index is 1.59. The maximum Gasteiger partial charge on any atom is 0.263 e. The lowest BCUT2D eigenvalue weighted by Crippen LogP contribution is -2.24. The number of amidine groups is 1. The van der Waals surface area contributed by atoms with Crippen LogP contribution in [0.5, 0.6) is 0 Å². The minimum Gasteiger partial charge on any atom is -0.267 e. The lowest BCUT2D eigenvalue weighted by Gasteiger charge is -2.19. The molecule has 0 saturated heterocycles. The summed E-state index contributed by atoms with van der Waals surface area (Å²) in [6, 6.07) is 7.07. The van der Waals surface area contributed by atoms with E-state index in [4.69, 9.17) is 0 Å². The van der Waals surface area contributed by atoms with Gasteiger partial charge in [-0.05, 0) is 49.1 Å². The molecule has 4 rings (SSSR count). The zero-order valence-electron chi connectivity index (χ0n) is 11.2. The van der Waals surface area contributed by atoms with E-state index >= 15 is 0 Å². The number of sulfonamides is 1. The molecule has 2 fully saturated rings. The Morgan fingerprint density at radius 2 is 2.05 bits per heavy atom. The lowest BCUT2D eigenvalue weighted by atomic mass is 9.89. The van der Waals surface area contributed by atoms with Gasteiger partial charge in [0.1, 0.15) is 5.84 Å². The Bertz CT molecular complexity index is 681. The number of nitrogens with one attached hydrogen (secondary N) is 1. The number of hydrogen-bond donors (Lipinski definition) is 1. The van der Waals surface area contributed by atoms with Crippen molar-refractivity contribution in [2.75, 3.05) is 6.54 Å². The van der Waals surface area contributed by atoms with Crippen molar-refractivity contribution in [2.45, 2.75) is 30.6 Å². The third-order valence-corrected chi connectivity index (χ3v) is 6.43. The molecule has 0 radical (unpaired) electrons. The fourth-order valence-corrected chi connectivity index (χ4v) is 5.31. The summed E-state index contributed by atoms with van der Waals surface area (Å²) in [4.78, 5) is 4.94. The van der Waals surface area contributed by atoms with Gasteiger partial charge in [0.15, 0.2) is 0 Å². The molecular formula is C15H18N2O2S. The quantitative estimate of drug-likeness (QED) is 0.907. The number of rotatable bonds is 2. The van der Waals surface area contributed by atoms with Crippen LogP contribution in [0.15, 0.2) is 34.2 Å². The number of fused-ring (bicyclic) bond motifs is 3. The second-order valence-corrected chi connectivity index (χ2v) is 7.88. The minimum atomic E-state index is -3.39. The average Bonchev–Trinajstić information content (AvgIpc) is 3.11. The molecule has 106 valence electrons. The van der Waals surface area contributed by atoms with E-state index in [0.29, 0.717) is 16.6 Å². The molecule has 0 spiro atoms. The number of aliphatic imine (C=N–C) groups is 1. The van der Waals surface area contributed by atoms with Crippen molar-refractivity contribution >= 4 is 15.9 Å². The van der Waals surface area contributed by atoms with Crippen molar-refractivity contribution < 1.29 is 8.42 Å². The predicted octanol–water partition coefficient (Wildman–Crippen LogP) is 2.16. The highest BCUT2D eigenvalue weighted by molar-refractivity contribution is 7.90. The monoisotopic (exact) mass is 290 g/mol. The van der Waals surface area contributed by atoms with Crippen molar-refractivity contribution in [3.63, 3.8) is 0 Å². The summed E-state index contributed by atoms with van der Waals surface area (Å²) in [6.07, 6.45) is 5.35. The van der Waals surface area contributed by atoms with Gasteiger partial charge in [-0.25, -0.2) is 8.42 Å². The number of nitrogens with zero attached hydrogens (tertiary/aromatic N) is 1. The molecule has 1 heterocycles.